The molecule has 0 radical (unpaired) electrons. The second-order valence-electron chi connectivity index (χ2n) is 5.33. The van der Waals surface area contributed by atoms with Crippen molar-refractivity contribution in [2.75, 3.05) is 13.1 Å². The van der Waals surface area contributed by atoms with Crippen LogP contribution in [-0.4, -0.2) is 28.8 Å². The molecule has 1 aromatic heterocycles. The molecule has 1 aliphatic rings. The number of rotatable bonds is 4. The number of H-pyrrole nitrogens is 1. The summed E-state index contributed by atoms with van der Waals surface area (Å²) in [6.07, 6.45) is 6.66. The van der Waals surface area contributed by atoms with Gasteiger partial charge in [0.25, 0.3) is 0 Å². The van der Waals surface area contributed by atoms with Crippen LogP contribution in [0, 0.1) is 0 Å². The number of carbonyl (C=O) groups excluding carboxylic acids is 1. The molecule has 0 bridgehead atoms. The first-order valence-corrected chi connectivity index (χ1v) is 7.31. The summed E-state index contributed by atoms with van der Waals surface area (Å²) in [4.78, 5) is 17.3. The van der Waals surface area contributed by atoms with Gasteiger partial charge in [-0.2, -0.15) is 0 Å². The minimum Gasteiger partial charge on any atom is -0.376 e. The van der Waals surface area contributed by atoms with Crippen molar-refractivity contribution in [1.29, 1.82) is 0 Å². The average molecular weight is 268 g/mol. The third-order valence-electron chi connectivity index (χ3n) is 4.05. The second kappa shape index (κ2) is 5.53. The van der Waals surface area contributed by atoms with Gasteiger partial charge < -0.3 is 9.88 Å². The maximum atomic E-state index is 11.7. The van der Waals surface area contributed by atoms with Crippen molar-refractivity contribution >= 4 is 16.7 Å². The highest BCUT2D eigenvalue weighted by Crippen LogP contribution is 2.19. The number of nitrogens with zero attached hydrogens (tertiary/aromatic N) is 1. The van der Waals surface area contributed by atoms with Crippen molar-refractivity contribution < 1.29 is 4.79 Å². The smallest absolute Gasteiger partial charge is 0.162 e. The van der Waals surface area contributed by atoms with Crippen molar-refractivity contribution in [2.45, 2.75) is 26.2 Å². The summed E-state index contributed by atoms with van der Waals surface area (Å²) < 4.78 is 0. The first kappa shape index (κ1) is 13.0. The largest absolute Gasteiger partial charge is 0.376 e. The Hall–Kier alpha value is -2.03. The Labute approximate surface area is 119 Å². The van der Waals surface area contributed by atoms with Crippen molar-refractivity contribution in [2.24, 2.45) is 0 Å². The van der Waals surface area contributed by atoms with Gasteiger partial charge in [-0.15, -0.1) is 0 Å². The van der Waals surface area contributed by atoms with E-state index in [1.807, 2.05) is 6.92 Å². The maximum Gasteiger partial charge on any atom is 0.162 e. The zero-order valence-electron chi connectivity index (χ0n) is 11.9. The molecule has 2 heterocycles. The zero-order valence-corrected chi connectivity index (χ0v) is 11.9. The van der Waals surface area contributed by atoms with E-state index in [0.29, 0.717) is 12.2 Å². The molecule has 0 saturated carbocycles. The fourth-order valence-electron chi connectivity index (χ4n) is 2.83. The molecule has 0 amide bonds. The van der Waals surface area contributed by atoms with E-state index in [1.165, 1.54) is 16.5 Å². The average Bonchev–Trinajstić information content (AvgIpc) is 2.90. The van der Waals surface area contributed by atoms with Gasteiger partial charge in [0.15, 0.2) is 5.78 Å². The highest BCUT2D eigenvalue weighted by molar-refractivity contribution is 5.95. The SMILES string of the molecule is CCC1=CN(CCc2c[nH]c3ccccc23)CCC1=O. The van der Waals surface area contributed by atoms with Gasteiger partial charge in [-0.3, -0.25) is 4.79 Å². The van der Waals surface area contributed by atoms with Gasteiger partial charge in [-0.1, -0.05) is 25.1 Å². The lowest BCUT2D eigenvalue weighted by Gasteiger charge is -2.25. The van der Waals surface area contributed by atoms with E-state index >= 15 is 0 Å². The number of nitrogens with one attached hydrogen (secondary N) is 1. The molecular formula is C17H20N2O. The van der Waals surface area contributed by atoms with Crippen molar-refractivity contribution in [3.05, 3.63) is 47.8 Å². The molecule has 0 saturated heterocycles. The van der Waals surface area contributed by atoms with Crippen LogP contribution in [0.25, 0.3) is 10.9 Å². The van der Waals surface area contributed by atoms with Gasteiger partial charge in [-0.05, 0) is 24.5 Å². The summed E-state index contributed by atoms with van der Waals surface area (Å²) in [7, 11) is 0. The molecule has 0 unspecified atom stereocenters. The van der Waals surface area contributed by atoms with E-state index in [2.05, 4.69) is 46.5 Å². The van der Waals surface area contributed by atoms with Crippen LogP contribution in [-0.2, 0) is 11.2 Å². The minimum absolute atomic E-state index is 0.316. The summed E-state index contributed by atoms with van der Waals surface area (Å²) in [5.74, 6) is 0.316. The van der Waals surface area contributed by atoms with Crippen molar-refractivity contribution in [1.82, 2.24) is 9.88 Å². The van der Waals surface area contributed by atoms with Gasteiger partial charge in [0.1, 0.15) is 0 Å². The normalized spacial score (nSPS) is 15.8. The number of carbonyl (C=O) groups is 1. The van der Waals surface area contributed by atoms with Gasteiger partial charge >= 0.3 is 0 Å². The van der Waals surface area contributed by atoms with E-state index < -0.39 is 0 Å². The van der Waals surface area contributed by atoms with Gasteiger partial charge in [0, 0.05) is 48.4 Å². The lowest BCUT2D eigenvalue weighted by Crippen LogP contribution is -2.29. The zero-order chi connectivity index (χ0) is 13.9. The summed E-state index contributed by atoms with van der Waals surface area (Å²) in [5.41, 5.74) is 3.51. The van der Waals surface area contributed by atoms with Gasteiger partial charge in [0.2, 0.25) is 0 Å². The molecular weight excluding hydrogens is 248 g/mol. The molecule has 3 rings (SSSR count). The Bertz CT molecular complexity index is 654. The molecule has 0 fully saturated rings. The fourth-order valence-corrected chi connectivity index (χ4v) is 2.83. The van der Waals surface area contributed by atoms with Crippen LogP contribution in [0.5, 0.6) is 0 Å². The van der Waals surface area contributed by atoms with Crippen LogP contribution in [0.1, 0.15) is 25.3 Å². The standard InChI is InChI=1S/C17H20N2O/c1-2-13-12-19(10-8-17(13)20)9-7-14-11-18-16-6-4-3-5-15(14)16/h3-6,11-12,18H,2,7-10H2,1H3. The van der Waals surface area contributed by atoms with Crippen LogP contribution in [0.2, 0.25) is 0 Å². The Balaban J connectivity index is 1.71. The van der Waals surface area contributed by atoms with Crippen LogP contribution < -0.4 is 0 Å². The summed E-state index contributed by atoms with van der Waals surface area (Å²) in [6.45, 7) is 3.87. The third-order valence-corrected chi connectivity index (χ3v) is 4.05. The molecule has 0 spiro atoms. The predicted octanol–water partition coefficient (Wildman–Crippen LogP) is 3.28. The lowest BCUT2D eigenvalue weighted by molar-refractivity contribution is -0.116. The number of hydrogen-bond donors (Lipinski definition) is 1. The Morgan fingerprint density at radius 3 is 3.00 bits per heavy atom. The minimum atomic E-state index is 0.316. The van der Waals surface area contributed by atoms with E-state index in [-0.39, 0.29) is 0 Å². The Morgan fingerprint density at radius 2 is 2.15 bits per heavy atom. The lowest BCUT2D eigenvalue weighted by atomic mass is 10.0. The topological polar surface area (TPSA) is 36.1 Å². The molecule has 2 aromatic rings. The number of allylic oxidation sites excluding steroid dienone is 1. The molecule has 3 nitrogen and oxygen atoms in total. The quantitative estimate of drug-likeness (QED) is 0.923. The fraction of sp³-hybridized carbons (Fsp3) is 0.353. The summed E-state index contributed by atoms with van der Waals surface area (Å²) >= 11 is 0. The number of para-hydroxylation sites is 1. The van der Waals surface area contributed by atoms with Gasteiger partial charge in [0.05, 0.1) is 0 Å². The molecule has 20 heavy (non-hydrogen) atoms. The monoisotopic (exact) mass is 268 g/mol. The number of ketones is 1. The number of Topliss-reactive ketones (excluding diaryl/α,β-unsaturated/α-hetero) is 1. The highest BCUT2D eigenvalue weighted by Gasteiger charge is 2.16. The van der Waals surface area contributed by atoms with E-state index in [4.69, 9.17) is 0 Å². The van der Waals surface area contributed by atoms with E-state index in [0.717, 1.165) is 31.5 Å². The van der Waals surface area contributed by atoms with Crippen LogP contribution >= 0.6 is 0 Å². The number of hydrogen-bond acceptors (Lipinski definition) is 2. The Kier molecular flexibility index (Phi) is 3.59. The number of aromatic amines is 1. The van der Waals surface area contributed by atoms with Crippen LogP contribution in [0.15, 0.2) is 42.2 Å². The maximum absolute atomic E-state index is 11.7. The van der Waals surface area contributed by atoms with E-state index in [1.54, 1.807) is 0 Å². The second-order valence-corrected chi connectivity index (χ2v) is 5.33. The molecule has 1 aromatic carbocycles. The molecule has 1 aliphatic heterocycles. The summed E-state index contributed by atoms with van der Waals surface area (Å²) in [6, 6.07) is 8.39. The van der Waals surface area contributed by atoms with Crippen molar-refractivity contribution in [3.63, 3.8) is 0 Å². The predicted molar refractivity (Wildman–Crippen MR) is 81.6 cm³/mol. The Morgan fingerprint density at radius 1 is 1.30 bits per heavy atom. The van der Waals surface area contributed by atoms with Crippen LogP contribution in [0.3, 0.4) is 0 Å². The van der Waals surface area contributed by atoms with E-state index in [9.17, 15) is 4.79 Å². The van der Waals surface area contributed by atoms with Crippen LogP contribution in [0.4, 0.5) is 0 Å². The first-order valence-electron chi connectivity index (χ1n) is 7.31. The van der Waals surface area contributed by atoms with Crippen molar-refractivity contribution in [3.8, 4) is 0 Å². The molecule has 0 atom stereocenters. The highest BCUT2D eigenvalue weighted by atomic mass is 16.1. The van der Waals surface area contributed by atoms with Gasteiger partial charge in [-0.25, -0.2) is 0 Å². The summed E-state index contributed by atoms with van der Waals surface area (Å²) in [5, 5.41) is 1.31. The molecule has 104 valence electrons. The number of aromatic nitrogens is 1. The number of benzene rings is 1. The molecule has 1 N–H and O–H groups in total. The first-order chi connectivity index (χ1) is 9.78. The molecule has 0 aliphatic carbocycles. The number of fused-ring (bicyclic) bond motifs is 1. The molecule has 3 heteroatoms. The third kappa shape index (κ3) is 2.48.